The number of aliphatic hydroxyl groups is 1. The van der Waals surface area contributed by atoms with E-state index >= 15 is 0 Å². The normalized spacial score (nSPS) is 24.2. The standard InChI is InChI=1S/C30H41N3O4/c1-4-18-33(26-8-6-7-9-26)19-27-21(3)28(23-12-10-22(20-34)11-13-23)37-29(36-27)24-14-16-25(17-15-24)32-30(35)31-5-2/h4,10-17,21,26-29,34H,1,5-9,18-20H2,2-3H3,(H2,31,32,35)/t21-,27+,28+,29+/m1/s1. The van der Waals surface area contributed by atoms with Gasteiger partial charge in [-0.25, -0.2) is 4.79 Å². The van der Waals surface area contributed by atoms with Gasteiger partial charge in [-0.05, 0) is 43.0 Å². The van der Waals surface area contributed by atoms with Crippen molar-refractivity contribution in [3.8, 4) is 0 Å². The summed E-state index contributed by atoms with van der Waals surface area (Å²) in [5, 5.41) is 15.1. The smallest absolute Gasteiger partial charge is 0.319 e. The summed E-state index contributed by atoms with van der Waals surface area (Å²) < 4.78 is 13.2. The Kier molecular flexibility index (Phi) is 9.75. The van der Waals surface area contributed by atoms with Gasteiger partial charge in [0.1, 0.15) is 0 Å². The molecule has 7 heteroatoms. The average molecular weight is 508 g/mol. The van der Waals surface area contributed by atoms with Crippen LogP contribution in [0.15, 0.2) is 61.2 Å². The fraction of sp³-hybridized carbons (Fsp3) is 0.500. The molecule has 4 rings (SSSR count). The lowest BCUT2D eigenvalue weighted by Crippen LogP contribution is -2.47. The molecule has 1 saturated heterocycles. The summed E-state index contributed by atoms with van der Waals surface area (Å²) in [7, 11) is 0. The van der Waals surface area contributed by atoms with Gasteiger partial charge in [0.2, 0.25) is 0 Å². The van der Waals surface area contributed by atoms with E-state index in [1.807, 2.05) is 61.5 Å². The number of nitrogens with zero attached hydrogens (tertiary/aromatic N) is 1. The highest BCUT2D eigenvalue weighted by molar-refractivity contribution is 5.89. The number of anilines is 1. The SMILES string of the molecule is C=CCN(C[C@@H]1O[C@H](c2ccc(NC(=O)NCC)cc2)O[C@H](c2ccc(CO)cc2)[C@@H]1C)C1CCCC1. The van der Waals surface area contributed by atoms with Crippen molar-refractivity contribution in [1.29, 1.82) is 0 Å². The van der Waals surface area contributed by atoms with Gasteiger partial charge < -0.3 is 25.2 Å². The average Bonchev–Trinajstić information content (AvgIpc) is 3.45. The predicted molar refractivity (Wildman–Crippen MR) is 146 cm³/mol. The lowest BCUT2D eigenvalue weighted by molar-refractivity contribution is -0.276. The van der Waals surface area contributed by atoms with Gasteiger partial charge in [0.15, 0.2) is 6.29 Å². The fourth-order valence-corrected chi connectivity index (χ4v) is 5.43. The molecule has 0 bridgehead atoms. The van der Waals surface area contributed by atoms with Crippen LogP contribution in [0.25, 0.3) is 0 Å². The van der Waals surface area contributed by atoms with Gasteiger partial charge in [-0.2, -0.15) is 0 Å². The molecule has 0 radical (unpaired) electrons. The van der Waals surface area contributed by atoms with E-state index in [0.717, 1.165) is 29.8 Å². The molecular formula is C30H41N3O4. The molecule has 2 amide bonds. The van der Waals surface area contributed by atoms with Crippen LogP contribution in [0.2, 0.25) is 0 Å². The molecule has 37 heavy (non-hydrogen) atoms. The van der Waals surface area contributed by atoms with Crippen LogP contribution >= 0.6 is 0 Å². The lowest BCUT2D eigenvalue weighted by Gasteiger charge is -2.43. The zero-order valence-electron chi connectivity index (χ0n) is 22.1. The van der Waals surface area contributed by atoms with E-state index in [2.05, 4.69) is 29.0 Å². The van der Waals surface area contributed by atoms with Crippen LogP contribution in [-0.2, 0) is 16.1 Å². The van der Waals surface area contributed by atoms with Gasteiger partial charge in [0.05, 0.1) is 18.8 Å². The fourth-order valence-electron chi connectivity index (χ4n) is 5.43. The van der Waals surface area contributed by atoms with Crippen LogP contribution in [0, 0.1) is 5.92 Å². The van der Waals surface area contributed by atoms with E-state index in [0.29, 0.717) is 18.3 Å². The number of ether oxygens (including phenoxy) is 2. The number of urea groups is 1. The Bertz CT molecular complexity index is 1000. The largest absolute Gasteiger partial charge is 0.392 e. The quantitative estimate of drug-likeness (QED) is 0.368. The van der Waals surface area contributed by atoms with E-state index in [1.54, 1.807) is 0 Å². The monoisotopic (exact) mass is 507 g/mol. The number of benzene rings is 2. The lowest BCUT2D eigenvalue weighted by atomic mass is 9.89. The molecular weight excluding hydrogens is 466 g/mol. The van der Waals surface area contributed by atoms with Gasteiger partial charge in [-0.1, -0.05) is 62.2 Å². The molecule has 1 saturated carbocycles. The summed E-state index contributed by atoms with van der Waals surface area (Å²) in [6, 6.07) is 16.0. The molecule has 1 heterocycles. The Morgan fingerprint density at radius 1 is 1.08 bits per heavy atom. The molecule has 0 unspecified atom stereocenters. The zero-order valence-corrected chi connectivity index (χ0v) is 22.1. The Hall–Kier alpha value is -2.71. The summed E-state index contributed by atoms with van der Waals surface area (Å²) in [6.07, 6.45) is 6.28. The van der Waals surface area contributed by atoms with Crippen LogP contribution in [0.4, 0.5) is 10.5 Å². The number of hydrogen-bond acceptors (Lipinski definition) is 5. The summed E-state index contributed by atoms with van der Waals surface area (Å²) in [5.74, 6) is 0.128. The Balaban J connectivity index is 1.57. The minimum absolute atomic E-state index is 0.0181. The molecule has 200 valence electrons. The summed E-state index contributed by atoms with van der Waals surface area (Å²) in [4.78, 5) is 14.4. The molecule has 1 aliphatic heterocycles. The van der Waals surface area contributed by atoms with Crippen molar-refractivity contribution in [1.82, 2.24) is 10.2 Å². The van der Waals surface area contributed by atoms with Gasteiger partial charge in [0.25, 0.3) is 0 Å². The number of aliphatic hydroxyl groups excluding tert-OH is 1. The van der Waals surface area contributed by atoms with E-state index in [4.69, 9.17) is 9.47 Å². The first-order chi connectivity index (χ1) is 18.0. The predicted octanol–water partition coefficient (Wildman–Crippen LogP) is 5.54. The third-order valence-electron chi connectivity index (χ3n) is 7.52. The third-order valence-corrected chi connectivity index (χ3v) is 7.52. The van der Waals surface area contributed by atoms with Crippen molar-refractivity contribution in [3.63, 3.8) is 0 Å². The highest BCUT2D eigenvalue weighted by Crippen LogP contribution is 2.42. The maximum absolute atomic E-state index is 11.9. The molecule has 2 fully saturated rings. The number of carbonyl (C=O) groups is 1. The van der Waals surface area contributed by atoms with Crippen molar-refractivity contribution < 1.29 is 19.4 Å². The van der Waals surface area contributed by atoms with E-state index in [1.165, 1.54) is 25.7 Å². The summed E-state index contributed by atoms with van der Waals surface area (Å²) in [6.45, 7) is 10.3. The number of amides is 2. The van der Waals surface area contributed by atoms with Crippen molar-refractivity contribution >= 4 is 11.7 Å². The molecule has 4 atom stereocenters. The molecule has 2 aromatic carbocycles. The van der Waals surface area contributed by atoms with Crippen molar-refractivity contribution in [2.24, 2.45) is 5.92 Å². The highest BCUT2D eigenvalue weighted by Gasteiger charge is 2.40. The second-order valence-corrected chi connectivity index (χ2v) is 10.1. The molecule has 2 aliphatic rings. The molecule has 7 nitrogen and oxygen atoms in total. The van der Waals surface area contributed by atoms with Gasteiger partial charge in [0, 0.05) is 42.8 Å². The first-order valence-corrected chi connectivity index (χ1v) is 13.5. The molecule has 2 aromatic rings. The zero-order chi connectivity index (χ0) is 26.2. The van der Waals surface area contributed by atoms with Crippen LogP contribution < -0.4 is 10.6 Å². The second kappa shape index (κ2) is 13.2. The van der Waals surface area contributed by atoms with Crippen LogP contribution in [-0.4, -0.2) is 47.8 Å². The van der Waals surface area contributed by atoms with E-state index in [9.17, 15) is 9.90 Å². The number of carbonyl (C=O) groups excluding carboxylic acids is 1. The maximum Gasteiger partial charge on any atom is 0.319 e. The topological polar surface area (TPSA) is 83.1 Å². The first-order valence-electron chi connectivity index (χ1n) is 13.5. The Morgan fingerprint density at radius 3 is 2.38 bits per heavy atom. The molecule has 0 aromatic heterocycles. The van der Waals surface area contributed by atoms with Crippen molar-refractivity contribution in [3.05, 3.63) is 77.9 Å². The number of rotatable bonds is 10. The van der Waals surface area contributed by atoms with Gasteiger partial charge in [-0.15, -0.1) is 6.58 Å². The highest BCUT2D eigenvalue weighted by atomic mass is 16.7. The van der Waals surface area contributed by atoms with E-state index in [-0.39, 0.29) is 30.8 Å². The molecule has 0 spiro atoms. The Morgan fingerprint density at radius 2 is 1.76 bits per heavy atom. The van der Waals surface area contributed by atoms with Crippen molar-refractivity contribution in [2.75, 3.05) is 25.0 Å². The maximum atomic E-state index is 11.9. The molecule has 1 aliphatic carbocycles. The number of hydrogen-bond donors (Lipinski definition) is 3. The minimum atomic E-state index is -0.531. The van der Waals surface area contributed by atoms with Gasteiger partial charge >= 0.3 is 6.03 Å². The molecule has 3 N–H and O–H groups in total. The minimum Gasteiger partial charge on any atom is -0.392 e. The third kappa shape index (κ3) is 6.99. The summed E-state index contributed by atoms with van der Waals surface area (Å²) in [5.41, 5.74) is 3.58. The summed E-state index contributed by atoms with van der Waals surface area (Å²) >= 11 is 0. The van der Waals surface area contributed by atoms with E-state index < -0.39 is 6.29 Å². The Labute approximate surface area is 220 Å². The van der Waals surface area contributed by atoms with Crippen molar-refractivity contribution in [2.45, 2.75) is 70.7 Å². The van der Waals surface area contributed by atoms with Crippen LogP contribution in [0.5, 0.6) is 0 Å². The number of nitrogens with one attached hydrogen (secondary N) is 2. The van der Waals surface area contributed by atoms with Crippen LogP contribution in [0.3, 0.4) is 0 Å². The van der Waals surface area contributed by atoms with Crippen LogP contribution in [0.1, 0.15) is 68.6 Å². The first kappa shape index (κ1) is 27.3. The second-order valence-electron chi connectivity index (χ2n) is 10.1. The van der Waals surface area contributed by atoms with Gasteiger partial charge in [-0.3, -0.25) is 4.90 Å².